The molecule has 13 heteroatoms. The molecule has 0 amide bonds. The number of aromatic nitrogens is 6. The van der Waals surface area contributed by atoms with Gasteiger partial charge in [0.25, 0.3) is 11.6 Å². The topological polar surface area (TPSA) is 131 Å². The van der Waals surface area contributed by atoms with Gasteiger partial charge in [0.05, 0.1) is 12.8 Å². The maximum atomic E-state index is 13.8. The van der Waals surface area contributed by atoms with E-state index in [-0.39, 0.29) is 45.1 Å². The van der Waals surface area contributed by atoms with Gasteiger partial charge in [0.1, 0.15) is 4.90 Å². The lowest BCUT2D eigenvalue weighted by Crippen LogP contribution is -2.29. The van der Waals surface area contributed by atoms with Crippen molar-refractivity contribution < 1.29 is 26.5 Å². The first-order valence-electron chi connectivity index (χ1n) is 10.5. The van der Waals surface area contributed by atoms with Crippen molar-refractivity contribution in [3.05, 3.63) is 41.2 Å². The minimum atomic E-state index is -3.86. The summed E-state index contributed by atoms with van der Waals surface area (Å²) in [7, 11) is -2.37. The van der Waals surface area contributed by atoms with E-state index in [1.165, 1.54) is 30.8 Å². The van der Waals surface area contributed by atoms with Gasteiger partial charge in [-0.2, -0.15) is 4.98 Å². The molecule has 10 nitrogen and oxygen atoms in total. The predicted octanol–water partition coefficient (Wildman–Crippen LogP) is 3.10. The number of alkyl halides is 2. The van der Waals surface area contributed by atoms with E-state index in [1.807, 2.05) is 0 Å². The Morgan fingerprint density at radius 2 is 2.00 bits per heavy atom. The molecular weight excluding hydrogens is 470 g/mol. The van der Waals surface area contributed by atoms with Crippen molar-refractivity contribution in [1.29, 1.82) is 0 Å². The second-order valence-corrected chi connectivity index (χ2v) is 10.6. The summed E-state index contributed by atoms with van der Waals surface area (Å²) in [6.45, 7) is 2.17. The molecule has 34 heavy (non-hydrogen) atoms. The average molecular weight is 490 g/mol. The molecule has 0 saturated heterocycles. The van der Waals surface area contributed by atoms with E-state index in [2.05, 4.69) is 20.1 Å². The van der Waals surface area contributed by atoms with Crippen LogP contribution in [-0.4, -0.2) is 38.8 Å². The van der Waals surface area contributed by atoms with Crippen LogP contribution in [0.5, 0.6) is 0 Å². The first-order chi connectivity index (χ1) is 16.0. The fraction of sp³-hybridized carbons (Fsp3) is 0.381. The number of hydrogen-bond acceptors (Lipinski definition) is 8. The Bertz CT molecular complexity index is 1540. The molecule has 4 aromatic rings. The van der Waals surface area contributed by atoms with Crippen molar-refractivity contribution in [2.24, 2.45) is 7.05 Å². The second-order valence-electron chi connectivity index (χ2n) is 8.34. The highest BCUT2D eigenvalue weighted by Gasteiger charge is 2.33. The number of fused-ring (bicyclic) bond motifs is 1. The molecule has 4 heterocycles. The molecule has 0 bridgehead atoms. The number of imidazole rings is 1. The standard InChI is InChI=1S/C21H20F2N6O4S/c1-4-34(31,32)15-7-12(17-26-19(33-27-17)11-5-6-11)9-24-16(15)20-28(3)18-14(29(20)30)8-13(10-25-18)21(2,22)23/h7-11H,4-6H2,1-3H3. The first kappa shape index (κ1) is 22.3. The molecule has 0 aromatic carbocycles. The maximum Gasteiger partial charge on any atom is 0.314 e. The third-order valence-corrected chi connectivity index (χ3v) is 7.55. The summed E-state index contributed by atoms with van der Waals surface area (Å²) in [4.78, 5) is 12.4. The van der Waals surface area contributed by atoms with Gasteiger partial charge in [-0.15, -0.1) is 0 Å². The van der Waals surface area contributed by atoms with Crippen molar-refractivity contribution in [3.63, 3.8) is 0 Å². The molecule has 0 unspecified atom stereocenters. The number of pyridine rings is 2. The first-order valence-corrected chi connectivity index (χ1v) is 12.2. The fourth-order valence-corrected chi connectivity index (χ4v) is 4.73. The van der Waals surface area contributed by atoms with Gasteiger partial charge in [0.2, 0.25) is 11.7 Å². The third-order valence-electron chi connectivity index (χ3n) is 5.81. The minimum absolute atomic E-state index is 0.107. The number of nitrogens with zero attached hydrogens (tertiary/aromatic N) is 6. The monoisotopic (exact) mass is 490 g/mol. The van der Waals surface area contributed by atoms with Crippen molar-refractivity contribution >= 4 is 21.0 Å². The lowest BCUT2D eigenvalue weighted by molar-refractivity contribution is -0.565. The highest BCUT2D eigenvalue weighted by molar-refractivity contribution is 7.91. The lowest BCUT2D eigenvalue weighted by atomic mass is 10.2. The highest BCUT2D eigenvalue weighted by Crippen LogP contribution is 2.40. The van der Waals surface area contributed by atoms with Crippen LogP contribution in [0.3, 0.4) is 0 Å². The SMILES string of the molecule is CCS(=O)(=O)c1cc(-c2noc(C3CC3)n2)cnc1-c1n(C)c2ncc(C(C)(F)F)cc2[n+]1[O-]. The van der Waals surface area contributed by atoms with Gasteiger partial charge in [-0.25, -0.2) is 36.5 Å². The van der Waals surface area contributed by atoms with E-state index in [1.54, 1.807) is 0 Å². The van der Waals surface area contributed by atoms with Gasteiger partial charge in [0.15, 0.2) is 21.0 Å². The molecule has 1 aliphatic carbocycles. The summed E-state index contributed by atoms with van der Waals surface area (Å²) < 4.78 is 60.5. The Labute approximate surface area is 192 Å². The lowest BCUT2D eigenvalue weighted by Gasteiger charge is -2.10. The van der Waals surface area contributed by atoms with Crippen LogP contribution in [0.4, 0.5) is 8.78 Å². The Kier molecular flexibility index (Phi) is 4.93. The number of hydrogen-bond donors (Lipinski definition) is 0. The molecule has 1 saturated carbocycles. The largest absolute Gasteiger partial charge is 0.710 e. The van der Waals surface area contributed by atoms with Gasteiger partial charge in [0, 0.05) is 42.4 Å². The molecule has 178 valence electrons. The molecule has 1 aliphatic rings. The van der Waals surface area contributed by atoms with Crippen molar-refractivity contribution in [3.8, 4) is 22.9 Å². The quantitative estimate of drug-likeness (QED) is 0.298. The molecule has 0 atom stereocenters. The Morgan fingerprint density at radius 1 is 1.26 bits per heavy atom. The fourth-order valence-electron chi connectivity index (χ4n) is 3.68. The summed E-state index contributed by atoms with van der Waals surface area (Å²) in [5.41, 5.74) is -0.272. The van der Waals surface area contributed by atoms with E-state index in [0.717, 1.165) is 25.1 Å². The predicted molar refractivity (Wildman–Crippen MR) is 115 cm³/mol. The van der Waals surface area contributed by atoms with Crippen LogP contribution >= 0.6 is 0 Å². The van der Waals surface area contributed by atoms with Crippen LogP contribution in [0.2, 0.25) is 0 Å². The normalized spacial score (nSPS) is 14.7. The number of sulfone groups is 1. The maximum absolute atomic E-state index is 13.8. The van der Waals surface area contributed by atoms with Crippen LogP contribution < -0.4 is 4.73 Å². The van der Waals surface area contributed by atoms with Gasteiger partial charge in [-0.05, 0) is 18.9 Å². The molecular formula is C21H20F2N6O4S. The van der Waals surface area contributed by atoms with Crippen LogP contribution in [0.25, 0.3) is 34.1 Å². The summed E-state index contributed by atoms with van der Waals surface area (Å²) in [5.74, 6) is -2.71. The van der Waals surface area contributed by atoms with E-state index in [4.69, 9.17) is 4.52 Å². The third kappa shape index (κ3) is 3.59. The Morgan fingerprint density at radius 3 is 2.65 bits per heavy atom. The zero-order chi connectivity index (χ0) is 24.4. The molecule has 0 radical (unpaired) electrons. The van der Waals surface area contributed by atoms with Gasteiger partial charge in [-0.3, -0.25) is 0 Å². The molecule has 0 N–H and O–H groups in total. The van der Waals surface area contributed by atoms with E-state index >= 15 is 0 Å². The van der Waals surface area contributed by atoms with Crippen molar-refractivity contribution in [2.75, 3.05) is 5.75 Å². The summed E-state index contributed by atoms with van der Waals surface area (Å²) in [6, 6.07) is 2.39. The van der Waals surface area contributed by atoms with E-state index < -0.39 is 21.3 Å². The molecule has 0 spiro atoms. The average Bonchev–Trinajstić information content (AvgIpc) is 3.48. The summed E-state index contributed by atoms with van der Waals surface area (Å²) in [6.07, 6.45) is 4.25. The second kappa shape index (κ2) is 7.52. The van der Waals surface area contributed by atoms with Crippen LogP contribution in [0, 0.1) is 5.21 Å². The molecule has 4 aromatic heterocycles. The number of aryl methyl sites for hydroxylation is 1. The number of halogens is 2. The molecule has 1 fully saturated rings. The van der Waals surface area contributed by atoms with Crippen LogP contribution in [0.15, 0.2) is 33.9 Å². The minimum Gasteiger partial charge on any atom is -0.710 e. The van der Waals surface area contributed by atoms with Gasteiger partial charge in [-0.1, -0.05) is 12.1 Å². The zero-order valence-electron chi connectivity index (χ0n) is 18.5. The highest BCUT2D eigenvalue weighted by atomic mass is 32.2. The zero-order valence-corrected chi connectivity index (χ0v) is 19.3. The Hall–Kier alpha value is -3.48. The van der Waals surface area contributed by atoms with Gasteiger partial charge < -0.3 is 9.73 Å². The smallest absolute Gasteiger partial charge is 0.314 e. The number of rotatable bonds is 6. The summed E-state index contributed by atoms with van der Waals surface area (Å²) in [5, 5.41) is 17.1. The van der Waals surface area contributed by atoms with E-state index in [9.17, 15) is 22.4 Å². The van der Waals surface area contributed by atoms with Crippen molar-refractivity contribution in [1.82, 2.24) is 24.7 Å². The summed E-state index contributed by atoms with van der Waals surface area (Å²) >= 11 is 0. The van der Waals surface area contributed by atoms with Gasteiger partial charge >= 0.3 is 5.82 Å². The van der Waals surface area contributed by atoms with Crippen LogP contribution in [-0.2, 0) is 22.8 Å². The Balaban J connectivity index is 1.71. The molecule has 0 aliphatic heterocycles. The van der Waals surface area contributed by atoms with Crippen molar-refractivity contribution in [2.45, 2.75) is 43.4 Å². The van der Waals surface area contributed by atoms with E-state index in [0.29, 0.717) is 23.1 Å². The molecule has 5 rings (SSSR count). The van der Waals surface area contributed by atoms with Crippen LogP contribution in [0.1, 0.15) is 44.1 Å².